The van der Waals surface area contributed by atoms with Gasteiger partial charge in [0.1, 0.15) is 5.60 Å². The lowest BCUT2D eigenvalue weighted by Gasteiger charge is -2.39. The summed E-state index contributed by atoms with van der Waals surface area (Å²) in [6, 6.07) is 8.05. The zero-order valence-corrected chi connectivity index (χ0v) is 16.0. The van der Waals surface area contributed by atoms with Gasteiger partial charge < -0.3 is 15.0 Å². The first-order valence-corrected chi connectivity index (χ1v) is 9.09. The van der Waals surface area contributed by atoms with E-state index in [4.69, 9.17) is 10.00 Å². The molecule has 5 nitrogen and oxygen atoms in total. The summed E-state index contributed by atoms with van der Waals surface area (Å²) in [6.45, 7) is 11.9. The van der Waals surface area contributed by atoms with Gasteiger partial charge in [0.05, 0.1) is 11.6 Å². The molecule has 136 valence electrons. The lowest BCUT2D eigenvalue weighted by molar-refractivity contribution is 0.0172. The molecule has 0 radical (unpaired) electrons. The van der Waals surface area contributed by atoms with E-state index in [9.17, 15) is 4.79 Å². The summed E-state index contributed by atoms with van der Waals surface area (Å²) in [5.41, 5.74) is 2.60. The number of rotatable bonds is 0. The maximum Gasteiger partial charge on any atom is 0.410 e. The van der Waals surface area contributed by atoms with Crippen LogP contribution < -0.4 is 5.32 Å². The Morgan fingerprint density at radius 1 is 1.28 bits per heavy atom. The number of ether oxygens (including phenoxy) is 1. The topological polar surface area (TPSA) is 65.4 Å². The first-order valence-electron chi connectivity index (χ1n) is 9.09. The fourth-order valence-corrected chi connectivity index (χ4v) is 3.46. The van der Waals surface area contributed by atoms with E-state index in [0.717, 1.165) is 25.1 Å². The average molecular weight is 343 g/mol. The summed E-state index contributed by atoms with van der Waals surface area (Å²) in [4.78, 5) is 14.0. The molecule has 0 bridgehead atoms. The molecule has 1 fully saturated rings. The van der Waals surface area contributed by atoms with Crippen molar-refractivity contribution in [1.82, 2.24) is 4.90 Å². The number of anilines is 1. The zero-order valence-electron chi connectivity index (χ0n) is 16.0. The van der Waals surface area contributed by atoms with Crippen LogP contribution in [0.1, 0.15) is 58.6 Å². The molecule has 1 aromatic carbocycles. The predicted molar refractivity (Wildman–Crippen MR) is 99.7 cm³/mol. The van der Waals surface area contributed by atoms with E-state index in [1.54, 1.807) is 4.90 Å². The standard InChI is InChI=1S/C18H23N3O2.C2H6/c1-17(2,3)23-16(22)21-8-6-18(7-9-21)12-20-15-5-4-13(11-19)10-14(15)18;1-2/h4-5,10,20H,6-9,12H2,1-3H3;1-2H3. The molecule has 1 N–H and O–H groups in total. The van der Waals surface area contributed by atoms with Gasteiger partial charge in [-0.1, -0.05) is 13.8 Å². The highest BCUT2D eigenvalue weighted by atomic mass is 16.6. The van der Waals surface area contributed by atoms with Crippen LogP contribution in [0.2, 0.25) is 0 Å². The fraction of sp³-hybridized carbons (Fsp3) is 0.600. The molecule has 2 heterocycles. The van der Waals surface area contributed by atoms with Crippen LogP contribution in [0.5, 0.6) is 0 Å². The largest absolute Gasteiger partial charge is 0.444 e. The quantitative estimate of drug-likeness (QED) is 0.763. The second-order valence-electron chi connectivity index (χ2n) is 7.47. The minimum absolute atomic E-state index is 0.0285. The number of nitrogens with zero attached hydrogens (tertiary/aromatic N) is 2. The SMILES string of the molecule is CC.CC(C)(C)OC(=O)N1CCC2(CC1)CNc1ccc(C#N)cc12. The van der Waals surface area contributed by atoms with Crippen LogP contribution in [0.4, 0.5) is 10.5 Å². The molecule has 0 saturated carbocycles. The maximum absolute atomic E-state index is 12.2. The highest BCUT2D eigenvalue weighted by Gasteiger charge is 2.42. The van der Waals surface area contributed by atoms with Gasteiger partial charge in [0.15, 0.2) is 0 Å². The van der Waals surface area contributed by atoms with E-state index in [1.807, 2.05) is 52.8 Å². The number of nitrogens with one attached hydrogen (secondary N) is 1. The molecule has 0 aliphatic carbocycles. The number of benzene rings is 1. The second kappa shape index (κ2) is 7.35. The van der Waals surface area contributed by atoms with Crippen LogP contribution in [0.25, 0.3) is 0 Å². The Hall–Kier alpha value is -2.22. The van der Waals surface area contributed by atoms with Gasteiger partial charge in [-0.15, -0.1) is 0 Å². The van der Waals surface area contributed by atoms with E-state index in [1.165, 1.54) is 5.56 Å². The number of hydrogen-bond acceptors (Lipinski definition) is 4. The number of amides is 1. The Labute approximate surface area is 151 Å². The molecule has 25 heavy (non-hydrogen) atoms. The summed E-state index contributed by atoms with van der Waals surface area (Å²) in [7, 11) is 0. The van der Waals surface area contributed by atoms with Crippen molar-refractivity contribution in [2.45, 2.75) is 58.5 Å². The summed E-state index contributed by atoms with van der Waals surface area (Å²) in [6.07, 6.45) is 1.55. The van der Waals surface area contributed by atoms with Gasteiger partial charge in [-0.25, -0.2) is 4.79 Å². The van der Waals surface area contributed by atoms with Crippen molar-refractivity contribution in [2.75, 3.05) is 25.0 Å². The van der Waals surface area contributed by atoms with E-state index >= 15 is 0 Å². The Balaban J connectivity index is 0.00000109. The molecule has 0 atom stereocenters. The Morgan fingerprint density at radius 3 is 2.48 bits per heavy atom. The van der Waals surface area contributed by atoms with Crippen molar-refractivity contribution in [3.63, 3.8) is 0 Å². The van der Waals surface area contributed by atoms with Crippen molar-refractivity contribution in [3.05, 3.63) is 29.3 Å². The highest BCUT2D eigenvalue weighted by Crippen LogP contribution is 2.44. The second-order valence-corrected chi connectivity index (χ2v) is 7.47. The number of piperidine rings is 1. The molecular weight excluding hydrogens is 314 g/mol. The van der Waals surface area contributed by atoms with Gasteiger partial charge in [0.2, 0.25) is 0 Å². The molecule has 1 spiro atoms. The summed E-state index contributed by atoms with van der Waals surface area (Å²) >= 11 is 0. The van der Waals surface area contributed by atoms with Crippen LogP contribution in [0.15, 0.2) is 18.2 Å². The minimum Gasteiger partial charge on any atom is -0.444 e. The third kappa shape index (κ3) is 4.07. The first kappa shape index (κ1) is 19.1. The van der Waals surface area contributed by atoms with Crippen LogP contribution >= 0.6 is 0 Å². The molecule has 3 rings (SSSR count). The van der Waals surface area contributed by atoms with E-state index in [2.05, 4.69) is 11.4 Å². The lowest BCUT2D eigenvalue weighted by atomic mass is 9.74. The molecule has 1 aromatic rings. The Bertz CT molecular complexity index is 662. The molecular formula is C20H29N3O2. The highest BCUT2D eigenvalue weighted by molar-refractivity contribution is 5.69. The van der Waals surface area contributed by atoms with E-state index in [0.29, 0.717) is 18.7 Å². The van der Waals surface area contributed by atoms with Gasteiger partial charge in [-0.2, -0.15) is 5.26 Å². The van der Waals surface area contributed by atoms with E-state index < -0.39 is 5.60 Å². The van der Waals surface area contributed by atoms with Gasteiger partial charge in [0.25, 0.3) is 0 Å². The molecule has 1 amide bonds. The van der Waals surface area contributed by atoms with Crippen LogP contribution in [0, 0.1) is 11.3 Å². The number of nitriles is 1. The number of carbonyl (C=O) groups is 1. The summed E-state index contributed by atoms with van der Waals surface area (Å²) in [5.74, 6) is 0. The smallest absolute Gasteiger partial charge is 0.410 e. The Morgan fingerprint density at radius 2 is 1.92 bits per heavy atom. The fourth-order valence-electron chi connectivity index (χ4n) is 3.46. The average Bonchev–Trinajstić information content (AvgIpc) is 2.93. The van der Waals surface area contributed by atoms with Crippen LogP contribution in [0.3, 0.4) is 0 Å². The normalized spacial score (nSPS) is 17.7. The molecule has 2 aliphatic heterocycles. The van der Waals surface area contributed by atoms with Crippen molar-refractivity contribution >= 4 is 11.8 Å². The maximum atomic E-state index is 12.2. The predicted octanol–water partition coefficient (Wildman–Crippen LogP) is 4.28. The summed E-state index contributed by atoms with van der Waals surface area (Å²) < 4.78 is 5.46. The molecule has 2 aliphatic rings. The first-order chi connectivity index (χ1) is 11.8. The Kier molecular flexibility index (Phi) is 5.62. The van der Waals surface area contributed by atoms with Gasteiger partial charge in [-0.3, -0.25) is 0 Å². The zero-order chi connectivity index (χ0) is 18.7. The molecule has 0 unspecified atom stereocenters. The van der Waals surface area contributed by atoms with Gasteiger partial charge >= 0.3 is 6.09 Å². The number of likely N-dealkylation sites (tertiary alicyclic amines) is 1. The third-order valence-electron chi connectivity index (χ3n) is 4.71. The molecule has 5 heteroatoms. The molecule has 0 aromatic heterocycles. The van der Waals surface area contributed by atoms with Crippen LogP contribution in [-0.2, 0) is 10.2 Å². The van der Waals surface area contributed by atoms with Crippen molar-refractivity contribution in [1.29, 1.82) is 5.26 Å². The van der Waals surface area contributed by atoms with Gasteiger partial charge in [-0.05, 0) is 57.4 Å². The minimum atomic E-state index is -0.463. The number of hydrogen-bond donors (Lipinski definition) is 1. The van der Waals surface area contributed by atoms with Crippen molar-refractivity contribution < 1.29 is 9.53 Å². The van der Waals surface area contributed by atoms with Gasteiger partial charge in [0, 0.05) is 30.7 Å². The van der Waals surface area contributed by atoms with Crippen molar-refractivity contribution in [3.8, 4) is 6.07 Å². The van der Waals surface area contributed by atoms with Crippen LogP contribution in [-0.4, -0.2) is 36.2 Å². The third-order valence-corrected chi connectivity index (χ3v) is 4.71. The lowest BCUT2D eigenvalue weighted by Crippen LogP contribution is -2.47. The molecule has 1 saturated heterocycles. The number of fused-ring (bicyclic) bond motifs is 2. The number of carbonyl (C=O) groups excluding carboxylic acids is 1. The monoisotopic (exact) mass is 343 g/mol. The summed E-state index contributed by atoms with van der Waals surface area (Å²) in [5, 5.41) is 12.6. The van der Waals surface area contributed by atoms with Crippen molar-refractivity contribution in [2.24, 2.45) is 0 Å². The van der Waals surface area contributed by atoms with E-state index in [-0.39, 0.29) is 11.5 Å².